The van der Waals surface area contributed by atoms with Crippen molar-refractivity contribution in [2.75, 3.05) is 0 Å². The Bertz CT molecular complexity index is 790. The van der Waals surface area contributed by atoms with Crippen LogP contribution in [0, 0.1) is 11.6 Å². The van der Waals surface area contributed by atoms with Crippen molar-refractivity contribution >= 4 is 47.4 Å². The zero-order valence-electron chi connectivity index (χ0n) is 12.8. The molecule has 0 saturated heterocycles. The van der Waals surface area contributed by atoms with E-state index in [1.54, 1.807) is 0 Å². The molecule has 2 amide bonds. The summed E-state index contributed by atoms with van der Waals surface area (Å²) >= 11 is 11.6. The first kappa shape index (κ1) is 19.5. The number of carbonyl (C=O) groups is 2. The van der Waals surface area contributed by atoms with Crippen molar-refractivity contribution in [2.24, 2.45) is 10.2 Å². The Morgan fingerprint density at radius 1 is 0.808 bits per heavy atom. The second kappa shape index (κ2) is 9.02. The van der Waals surface area contributed by atoms with Gasteiger partial charge in [-0.05, 0) is 24.3 Å². The van der Waals surface area contributed by atoms with E-state index in [2.05, 4.69) is 10.2 Å². The molecule has 0 bridgehead atoms. The van der Waals surface area contributed by atoms with Crippen molar-refractivity contribution in [1.29, 1.82) is 0 Å². The summed E-state index contributed by atoms with van der Waals surface area (Å²) in [5, 5.41) is 7.04. The van der Waals surface area contributed by atoms with Gasteiger partial charge in [-0.25, -0.2) is 19.6 Å². The molecule has 0 atom stereocenters. The van der Waals surface area contributed by atoms with Crippen LogP contribution in [0.2, 0.25) is 10.0 Å². The molecule has 10 heteroatoms. The van der Waals surface area contributed by atoms with Gasteiger partial charge in [0, 0.05) is 11.1 Å². The van der Waals surface area contributed by atoms with Gasteiger partial charge < -0.3 is 0 Å². The maximum Gasteiger partial charge on any atom is 0.331 e. The van der Waals surface area contributed by atoms with Gasteiger partial charge in [-0.3, -0.25) is 9.59 Å². The minimum Gasteiger partial charge on any atom is -0.262 e. The minimum atomic E-state index is -1.18. The summed E-state index contributed by atoms with van der Waals surface area (Å²) in [6.07, 6.45) is 1.90. The molecule has 2 N–H and O–H groups in total. The third kappa shape index (κ3) is 5.08. The quantitative estimate of drug-likeness (QED) is 0.471. The average Bonchev–Trinajstić information content (AvgIpc) is 2.59. The van der Waals surface area contributed by atoms with Crippen molar-refractivity contribution in [3.8, 4) is 0 Å². The Kier molecular flexibility index (Phi) is 6.76. The standard InChI is InChI=1S/C16H10Cl2F2N4O2/c17-11-3-1-5-13(19)9(11)7-21-23-15(25)16(26)24-22-8-10-12(18)4-2-6-14(10)20/h1-8H,(H,23,25)(H,24,26)/b21-7+,22-8+. The van der Waals surface area contributed by atoms with E-state index in [-0.39, 0.29) is 21.2 Å². The van der Waals surface area contributed by atoms with E-state index in [0.29, 0.717) is 0 Å². The highest BCUT2D eigenvalue weighted by Gasteiger charge is 2.12. The van der Waals surface area contributed by atoms with E-state index in [1.807, 2.05) is 10.9 Å². The summed E-state index contributed by atoms with van der Waals surface area (Å²) in [7, 11) is 0. The normalized spacial score (nSPS) is 11.1. The Balaban J connectivity index is 1.93. The van der Waals surface area contributed by atoms with Gasteiger partial charge in [0.1, 0.15) is 11.6 Å². The molecular weight excluding hydrogens is 389 g/mol. The first-order chi connectivity index (χ1) is 12.4. The predicted molar refractivity (Wildman–Crippen MR) is 94.3 cm³/mol. The van der Waals surface area contributed by atoms with Crippen molar-refractivity contribution in [3.05, 3.63) is 69.2 Å². The maximum atomic E-state index is 13.5. The first-order valence-corrected chi connectivity index (χ1v) is 7.70. The van der Waals surface area contributed by atoms with Crippen LogP contribution in [-0.4, -0.2) is 24.2 Å². The van der Waals surface area contributed by atoms with Gasteiger partial charge in [0.25, 0.3) is 0 Å². The number of nitrogens with zero attached hydrogens (tertiary/aromatic N) is 2. The lowest BCUT2D eigenvalue weighted by Gasteiger charge is -2.01. The number of hydrogen-bond donors (Lipinski definition) is 2. The molecule has 2 aromatic carbocycles. The van der Waals surface area contributed by atoms with E-state index < -0.39 is 23.4 Å². The lowest BCUT2D eigenvalue weighted by molar-refractivity contribution is -0.139. The fourth-order valence-corrected chi connectivity index (χ4v) is 2.10. The number of hydrazone groups is 2. The molecular formula is C16H10Cl2F2N4O2. The van der Waals surface area contributed by atoms with Gasteiger partial charge in [-0.15, -0.1) is 0 Å². The van der Waals surface area contributed by atoms with Crippen LogP contribution in [0.15, 0.2) is 46.6 Å². The summed E-state index contributed by atoms with van der Waals surface area (Å²) in [6.45, 7) is 0. The zero-order valence-corrected chi connectivity index (χ0v) is 14.4. The molecule has 0 heterocycles. The summed E-state index contributed by atoms with van der Waals surface area (Å²) in [5.74, 6) is -3.64. The third-order valence-corrected chi connectivity index (χ3v) is 3.58. The molecule has 0 aliphatic carbocycles. The molecule has 0 aliphatic rings. The third-order valence-electron chi connectivity index (χ3n) is 2.93. The molecule has 2 aromatic rings. The van der Waals surface area contributed by atoms with Gasteiger partial charge in [0.2, 0.25) is 0 Å². The van der Waals surface area contributed by atoms with E-state index in [1.165, 1.54) is 24.3 Å². The van der Waals surface area contributed by atoms with E-state index in [4.69, 9.17) is 23.2 Å². The fourth-order valence-electron chi connectivity index (χ4n) is 1.68. The predicted octanol–water partition coefficient (Wildman–Crippen LogP) is 2.87. The number of benzene rings is 2. The van der Waals surface area contributed by atoms with E-state index in [0.717, 1.165) is 24.6 Å². The molecule has 0 aliphatic heterocycles. The number of rotatable bonds is 4. The van der Waals surface area contributed by atoms with Gasteiger partial charge >= 0.3 is 11.8 Å². The summed E-state index contributed by atoms with van der Waals surface area (Å²) in [5.41, 5.74) is 3.64. The van der Waals surface area contributed by atoms with Crippen LogP contribution in [-0.2, 0) is 9.59 Å². The van der Waals surface area contributed by atoms with Gasteiger partial charge in [-0.2, -0.15) is 10.2 Å². The lowest BCUT2D eigenvalue weighted by Crippen LogP contribution is -2.35. The molecule has 0 saturated carbocycles. The number of carbonyl (C=O) groups excluding carboxylic acids is 2. The van der Waals surface area contributed by atoms with E-state index in [9.17, 15) is 18.4 Å². The number of amides is 2. The molecule has 0 spiro atoms. The molecule has 26 heavy (non-hydrogen) atoms. The van der Waals surface area contributed by atoms with Crippen LogP contribution in [0.3, 0.4) is 0 Å². The largest absolute Gasteiger partial charge is 0.331 e. The number of nitrogens with one attached hydrogen (secondary N) is 2. The maximum absolute atomic E-state index is 13.5. The highest BCUT2D eigenvalue weighted by Crippen LogP contribution is 2.17. The second-order valence-corrected chi connectivity index (χ2v) is 5.48. The van der Waals surface area contributed by atoms with Gasteiger partial charge in [0.05, 0.1) is 22.5 Å². The number of halogens is 4. The Hall–Kier alpha value is -2.84. The van der Waals surface area contributed by atoms with Crippen LogP contribution in [0.25, 0.3) is 0 Å². The van der Waals surface area contributed by atoms with E-state index >= 15 is 0 Å². The Morgan fingerprint density at radius 2 is 1.19 bits per heavy atom. The lowest BCUT2D eigenvalue weighted by atomic mass is 10.2. The zero-order chi connectivity index (χ0) is 19.1. The molecule has 134 valence electrons. The summed E-state index contributed by atoms with van der Waals surface area (Å²) in [6, 6.07) is 7.99. The summed E-state index contributed by atoms with van der Waals surface area (Å²) < 4.78 is 27.0. The van der Waals surface area contributed by atoms with Crippen LogP contribution in [0.5, 0.6) is 0 Å². The Morgan fingerprint density at radius 3 is 1.54 bits per heavy atom. The van der Waals surface area contributed by atoms with Crippen LogP contribution in [0.4, 0.5) is 8.78 Å². The molecule has 0 aromatic heterocycles. The minimum absolute atomic E-state index is 0.0536. The molecule has 6 nitrogen and oxygen atoms in total. The van der Waals surface area contributed by atoms with Gasteiger partial charge in [-0.1, -0.05) is 35.3 Å². The van der Waals surface area contributed by atoms with Crippen molar-refractivity contribution in [1.82, 2.24) is 10.9 Å². The van der Waals surface area contributed by atoms with Crippen LogP contribution >= 0.6 is 23.2 Å². The summed E-state index contributed by atoms with van der Waals surface area (Å²) in [4.78, 5) is 23.1. The van der Waals surface area contributed by atoms with Crippen molar-refractivity contribution in [2.45, 2.75) is 0 Å². The molecule has 0 radical (unpaired) electrons. The Labute approximate surface area is 156 Å². The SMILES string of the molecule is O=C(N/N=C/c1c(F)cccc1Cl)C(=O)N/N=C/c1c(F)cccc1Cl. The van der Waals surface area contributed by atoms with Gasteiger partial charge in [0.15, 0.2) is 0 Å². The molecule has 2 rings (SSSR count). The highest BCUT2D eigenvalue weighted by atomic mass is 35.5. The smallest absolute Gasteiger partial charge is 0.262 e. The average molecular weight is 399 g/mol. The van der Waals surface area contributed by atoms with Crippen molar-refractivity contribution < 1.29 is 18.4 Å². The highest BCUT2D eigenvalue weighted by molar-refractivity contribution is 6.35. The fraction of sp³-hybridized carbons (Fsp3) is 0. The topological polar surface area (TPSA) is 82.9 Å². The first-order valence-electron chi connectivity index (χ1n) is 6.94. The molecule has 0 unspecified atom stereocenters. The number of hydrogen-bond acceptors (Lipinski definition) is 4. The molecule has 0 fully saturated rings. The second-order valence-electron chi connectivity index (χ2n) is 4.67. The van der Waals surface area contributed by atoms with Crippen LogP contribution in [0.1, 0.15) is 11.1 Å². The monoisotopic (exact) mass is 398 g/mol. The van der Waals surface area contributed by atoms with Crippen molar-refractivity contribution in [3.63, 3.8) is 0 Å². The van der Waals surface area contributed by atoms with Crippen LogP contribution < -0.4 is 10.9 Å².